The summed E-state index contributed by atoms with van der Waals surface area (Å²) in [5, 5.41) is 9.28. The lowest BCUT2D eigenvalue weighted by molar-refractivity contribution is 0.402. The van der Waals surface area contributed by atoms with Gasteiger partial charge in [-0.2, -0.15) is 9.49 Å². The first-order chi connectivity index (χ1) is 16.5. The SMILES string of the molecule is CN(C)Cc1cncc(-c2cc3c(-c4cc5c(-c6ccc(F)s6)nccc5[nH]4)n[nH]c3cn2)c1. The maximum Gasteiger partial charge on any atom is 0.177 e. The predicted octanol–water partition coefficient (Wildman–Crippen LogP) is 5.49. The van der Waals surface area contributed by atoms with Gasteiger partial charge in [0.15, 0.2) is 5.13 Å². The van der Waals surface area contributed by atoms with Gasteiger partial charge in [-0.25, -0.2) is 0 Å². The minimum absolute atomic E-state index is 0.230. The zero-order valence-corrected chi connectivity index (χ0v) is 19.3. The number of pyridine rings is 3. The number of H-pyrrole nitrogens is 2. The van der Waals surface area contributed by atoms with Crippen molar-refractivity contribution < 1.29 is 4.39 Å². The Bertz CT molecular complexity index is 1650. The average molecular weight is 470 g/mol. The normalized spacial score (nSPS) is 11.8. The molecular formula is C25H20FN7S. The molecule has 168 valence electrons. The number of hydrogen-bond acceptors (Lipinski definition) is 6. The van der Waals surface area contributed by atoms with Crippen LogP contribution in [0.4, 0.5) is 4.39 Å². The molecule has 0 bridgehead atoms. The Morgan fingerprint density at radius 1 is 0.941 bits per heavy atom. The number of fused-ring (bicyclic) bond motifs is 2. The van der Waals surface area contributed by atoms with Crippen LogP contribution in [-0.2, 0) is 6.54 Å². The Labute approximate surface area is 198 Å². The third-order valence-electron chi connectivity index (χ3n) is 5.65. The fourth-order valence-corrected chi connectivity index (χ4v) is 4.92. The van der Waals surface area contributed by atoms with Crippen LogP contribution in [0.25, 0.3) is 55.0 Å². The molecule has 7 nitrogen and oxygen atoms in total. The molecule has 0 amide bonds. The van der Waals surface area contributed by atoms with Crippen LogP contribution in [0.2, 0.25) is 0 Å². The smallest absolute Gasteiger partial charge is 0.177 e. The lowest BCUT2D eigenvalue weighted by atomic mass is 10.1. The predicted molar refractivity (Wildman–Crippen MR) is 133 cm³/mol. The molecule has 0 aliphatic rings. The van der Waals surface area contributed by atoms with Gasteiger partial charge in [0.25, 0.3) is 0 Å². The first kappa shape index (κ1) is 20.6. The van der Waals surface area contributed by atoms with Crippen molar-refractivity contribution in [3.05, 3.63) is 71.9 Å². The Morgan fingerprint density at radius 3 is 2.65 bits per heavy atom. The summed E-state index contributed by atoms with van der Waals surface area (Å²) in [5.74, 6) is 0. The number of hydrogen-bond donors (Lipinski definition) is 2. The summed E-state index contributed by atoms with van der Waals surface area (Å²) in [7, 11) is 4.07. The second-order valence-corrected chi connectivity index (χ2v) is 9.45. The van der Waals surface area contributed by atoms with E-state index < -0.39 is 0 Å². The molecule has 34 heavy (non-hydrogen) atoms. The minimum Gasteiger partial charge on any atom is -0.353 e. The van der Waals surface area contributed by atoms with Crippen LogP contribution in [0.5, 0.6) is 0 Å². The van der Waals surface area contributed by atoms with E-state index in [4.69, 9.17) is 0 Å². The highest BCUT2D eigenvalue weighted by molar-refractivity contribution is 7.13. The first-order valence-electron chi connectivity index (χ1n) is 10.7. The zero-order chi connectivity index (χ0) is 23.2. The summed E-state index contributed by atoms with van der Waals surface area (Å²) >= 11 is 1.09. The van der Waals surface area contributed by atoms with E-state index in [1.54, 1.807) is 18.5 Å². The number of aromatic nitrogens is 6. The molecule has 0 radical (unpaired) electrons. The van der Waals surface area contributed by atoms with Gasteiger partial charge in [0, 0.05) is 47.0 Å². The van der Waals surface area contributed by atoms with Gasteiger partial charge in [0.1, 0.15) is 5.69 Å². The van der Waals surface area contributed by atoms with E-state index in [2.05, 4.69) is 41.1 Å². The van der Waals surface area contributed by atoms with Crippen molar-refractivity contribution in [2.24, 2.45) is 0 Å². The van der Waals surface area contributed by atoms with Gasteiger partial charge in [0.05, 0.1) is 33.7 Å². The molecule has 0 atom stereocenters. The summed E-state index contributed by atoms with van der Waals surface area (Å²) in [5.41, 5.74) is 7.05. The van der Waals surface area contributed by atoms with Crippen molar-refractivity contribution >= 4 is 33.1 Å². The molecule has 9 heteroatoms. The maximum atomic E-state index is 13.6. The van der Waals surface area contributed by atoms with Crippen molar-refractivity contribution in [3.8, 4) is 33.2 Å². The lowest BCUT2D eigenvalue weighted by Gasteiger charge is -2.10. The molecule has 6 aromatic heterocycles. The van der Waals surface area contributed by atoms with Crippen LogP contribution >= 0.6 is 11.3 Å². The van der Waals surface area contributed by atoms with Crippen molar-refractivity contribution in [1.82, 2.24) is 35.0 Å². The van der Waals surface area contributed by atoms with Crippen LogP contribution in [0, 0.1) is 5.13 Å². The number of nitrogens with one attached hydrogen (secondary N) is 2. The lowest BCUT2D eigenvalue weighted by Crippen LogP contribution is -2.10. The van der Waals surface area contributed by atoms with Gasteiger partial charge < -0.3 is 9.88 Å². The van der Waals surface area contributed by atoms with Crippen LogP contribution < -0.4 is 0 Å². The quantitative estimate of drug-likeness (QED) is 0.349. The summed E-state index contributed by atoms with van der Waals surface area (Å²) < 4.78 is 13.6. The summed E-state index contributed by atoms with van der Waals surface area (Å²) in [6.45, 7) is 0.805. The molecule has 2 N–H and O–H groups in total. The van der Waals surface area contributed by atoms with Gasteiger partial charge in [-0.15, -0.1) is 11.3 Å². The molecule has 0 fully saturated rings. The maximum absolute atomic E-state index is 13.6. The molecule has 6 heterocycles. The van der Waals surface area contributed by atoms with Crippen molar-refractivity contribution in [2.45, 2.75) is 6.54 Å². The number of thiophene rings is 1. The number of nitrogens with zero attached hydrogens (tertiary/aromatic N) is 5. The third kappa shape index (κ3) is 3.64. The standard InChI is InChI=1S/C25H20FN7S/c1-33(2)13-14-7-15(11-27-10-14)19-8-17-21(12-29-19)31-32-24(17)20-9-16-18(30-20)5-6-28-25(16)22-3-4-23(26)34-22/h3-12,30H,13H2,1-2H3,(H,31,32). The fourth-order valence-electron chi connectivity index (χ4n) is 4.18. The number of rotatable bonds is 5. The van der Waals surface area contributed by atoms with Gasteiger partial charge >= 0.3 is 0 Å². The van der Waals surface area contributed by atoms with E-state index >= 15 is 0 Å². The highest BCUT2D eigenvalue weighted by Crippen LogP contribution is 2.35. The van der Waals surface area contributed by atoms with E-state index in [1.807, 2.05) is 44.7 Å². The van der Waals surface area contributed by atoms with Crippen molar-refractivity contribution in [1.29, 1.82) is 0 Å². The van der Waals surface area contributed by atoms with E-state index in [0.29, 0.717) is 0 Å². The van der Waals surface area contributed by atoms with Gasteiger partial charge in [-0.3, -0.25) is 20.1 Å². The monoisotopic (exact) mass is 469 g/mol. The molecule has 6 rings (SSSR count). The molecule has 0 saturated heterocycles. The summed E-state index contributed by atoms with van der Waals surface area (Å²) in [6.07, 6.45) is 7.23. The minimum atomic E-state index is -0.230. The number of aromatic amines is 2. The number of halogens is 1. The molecular weight excluding hydrogens is 449 g/mol. The Hall–Kier alpha value is -3.95. The Kier molecular flexibility index (Phi) is 4.93. The van der Waals surface area contributed by atoms with Crippen LogP contribution in [0.15, 0.2) is 61.2 Å². The molecule has 0 unspecified atom stereocenters. The second kappa shape index (κ2) is 8.12. The third-order valence-corrected chi connectivity index (χ3v) is 6.53. The van der Waals surface area contributed by atoms with E-state index in [9.17, 15) is 4.39 Å². The second-order valence-electron chi connectivity index (χ2n) is 8.41. The van der Waals surface area contributed by atoms with E-state index in [0.717, 1.165) is 78.5 Å². The van der Waals surface area contributed by atoms with Crippen molar-refractivity contribution in [3.63, 3.8) is 0 Å². The highest BCUT2D eigenvalue weighted by atomic mass is 32.1. The topological polar surface area (TPSA) is 86.4 Å². The van der Waals surface area contributed by atoms with Gasteiger partial charge in [-0.1, -0.05) is 0 Å². The van der Waals surface area contributed by atoms with Gasteiger partial charge in [0.2, 0.25) is 0 Å². The molecule has 6 aromatic rings. The Morgan fingerprint density at radius 2 is 1.82 bits per heavy atom. The molecule has 0 aliphatic carbocycles. The largest absolute Gasteiger partial charge is 0.353 e. The van der Waals surface area contributed by atoms with Crippen LogP contribution in [0.1, 0.15) is 5.56 Å². The van der Waals surface area contributed by atoms with Gasteiger partial charge in [-0.05, 0) is 56.1 Å². The summed E-state index contributed by atoms with van der Waals surface area (Å²) in [6, 6.07) is 11.3. The Balaban J connectivity index is 1.45. The van der Waals surface area contributed by atoms with Crippen LogP contribution in [-0.4, -0.2) is 49.1 Å². The van der Waals surface area contributed by atoms with Crippen LogP contribution in [0.3, 0.4) is 0 Å². The zero-order valence-electron chi connectivity index (χ0n) is 18.5. The fraction of sp³-hybridized carbons (Fsp3) is 0.120. The molecule has 0 aromatic carbocycles. The average Bonchev–Trinajstić information content (AvgIpc) is 3.55. The van der Waals surface area contributed by atoms with E-state index in [1.165, 1.54) is 6.07 Å². The first-order valence-corrected chi connectivity index (χ1v) is 11.5. The van der Waals surface area contributed by atoms with Crippen molar-refractivity contribution in [2.75, 3.05) is 14.1 Å². The molecule has 0 spiro atoms. The van der Waals surface area contributed by atoms with E-state index in [-0.39, 0.29) is 5.13 Å². The highest BCUT2D eigenvalue weighted by Gasteiger charge is 2.16. The molecule has 0 saturated carbocycles. The summed E-state index contributed by atoms with van der Waals surface area (Å²) in [4.78, 5) is 19.9. The molecule has 0 aliphatic heterocycles.